The molecule has 0 saturated carbocycles. The minimum atomic E-state index is -0.750. The Balaban J connectivity index is 0.00000162. The van der Waals surface area contributed by atoms with E-state index in [1.54, 1.807) is 41.3 Å². The SMILES string of the molecule is CCC.NCC(=O)NCCCCC(=O)N(CC1CN(c2ccc(N3CCOCC3=O)cc2)C(=O)O1)C(=O)c1ccc(Cl)s1. The number of anilines is 2. The standard InChI is InChI=1S/C26H30ClN5O7S.C3H8/c27-21-9-8-20(40-21)25(36)32(23(34)3-1-2-10-29-22(33)13-28)15-19-14-31(26(37)39-19)18-6-4-17(5-7-18)30-11-12-38-16-24(30)35;1-3-2/h4-9,19H,1-3,10-16,28H2,(H,29,33);3H2,1-2H3. The molecule has 2 aliphatic rings. The molecule has 2 saturated heterocycles. The first-order valence-electron chi connectivity index (χ1n) is 14.2. The van der Waals surface area contributed by atoms with E-state index in [2.05, 4.69) is 19.2 Å². The highest BCUT2D eigenvalue weighted by molar-refractivity contribution is 7.18. The number of hydrogen-bond donors (Lipinski definition) is 2. The normalized spacial score (nSPS) is 16.3. The lowest BCUT2D eigenvalue weighted by Crippen LogP contribution is -2.43. The number of halogens is 1. The summed E-state index contributed by atoms with van der Waals surface area (Å²) in [6.45, 7) is 5.43. The van der Waals surface area contributed by atoms with Crippen molar-refractivity contribution in [1.82, 2.24) is 10.2 Å². The van der Waals surface area contributed by atoms with Crippen molar-refractivity contribution in [2.75, 3.05) is 55.7 Å². The van der Waals surface area contributed by atoms with Gasteiger partial charge in [0.25, 0.3) is 11.8 Å². The summed E-state index contributed by atoms with van der Waals surface area (Å²) >= 11 is 7.06. The molecular formula is C29H38ClN5O7S. The van der Waals surface area contributed by atoms with Gasteiger partial charge in [0, 0.05) is 30.9 Å². The van der Waals surface area contributed by atoms with Crippen LogP contribution in [0.3, 0.4) is 0 Å². The summed E-state index contributed by atoms with van der Waals surface area (Å²) in [7, 11) is 0. The van der Waals surface area contributed by atoms with Gasteiger partial charge in [-0.3, -0.25) is 29.0 Å². The number of nitrogens with two attached hydrogens (primary N) is 1. The van der Waals surface area contributed by atoms with Crippen LogP contribution in [0.5, 0.6) is 0 Å². The Morgan fingerprint density at radius 2 is 1.74 bits per heavy atom. The molecule has 2 fully saturated rings. The van der Waals surface area contributed by atoms with Crippen molar-refractivity contribution in [3.63, 3.8) is 0 Å². The van der Waals surface area contributed by atoms with Gasteiger partial charge in [-0.1, -0.05) is 31.9 Å². The molecule has 0 aliphatic carbocycles. The van der Waals surface area contributed by atoms with Crippen LogP contribution in [-0.2, 0) is 23.9 Å². The van der Waals surface area contributed by atoms with E-state index in [9.17, 15) is 24.0 Å². The van der Waals surface area contributed by atoms with Crippen LogP contribution in [0, 0.1) is 0 Å². The Bertz CT molecular complexity index is 1270. The molecule has 1 unspecified atom stereocenters. The van der Waals surface area contributed by atoms with E-state index in [-0.39, 0.29) is 44.5 Å². The average molecular weight is 636 g/mol. The van der Waals surface area contributed by atoms with E-state index in [1.807, 2.05) is 0 Å². The zero-order chi connectivity index (χ0) is 31.4. The van der Waals surface area contributed by atoms with Crippen molar-refractivity contribution in [1.29, 1.82) is 0 Å². The largest absolute Gasteiger partial charge is 0.442 e. The summed E-state index contributed by atoms with van der Waals surface area (Å²) in [5, 5.41) is 2.64. The summed E-state index contributed by atoms with van der Waals surface area (Å²) in [5.74, 6) is -1.36. The maximum absolute atomic E-state index is 13.2. The number of ether oxygens (including phenoxy) is 2. The number of unbranched alkanes of at least 4 members (excludes halogenated alkanes) is 1. The molecule has 2 aromatic rings. The van der Waals surface area contributed by atoms with E-state index in [4.69, 9.17) is 26.8 Å². The molecule has 0 bridgehead atoms. The second-order valence-electron chi connectivity index (χ2n) is 9.86. The van der Waals surface area contributed by atoms with Crippen LogP contribution in [-0.4, -0.2) is 86.7 Å². The molecular weight excluding hydrogens is 598 g/mol. The van der Waals surface area contributed by atoms with Gasteiger partial charge in [-0.15, -0.1) is 11.3 Å². The van der Waals surface area contributed by atoms with E-state index in [0.717, 1.165) is 16.2 Å². The first kappa shape index (κ1) is 34.0. The number of hydrogen-bond acceptors (Lipinski definition) is 9. The van der Waals surface area contributed by atoms with Gasteiger partial charge in [0.2, 0.25) is 11.8 Å². The fourth-order valence-corrected chi connectivity index (χ4v) is 5.32. The van der Waals surface area contributed by atoms with Gasteiger partial charge in [-0.2, -0.15) is 0 Å². The molecule has 12 nitrogen and oxygen atoms in total. The van der Waals surface area contributed by atoms with Gasteiger partial charge in [-0.25, -0.2) is 4.79 Å². The average Bonchev–Trinajstić information content (AvgIpc) is 3.60. The van der Waals surface area contributed by atoms with Crippen molar-refractivity contribution in [3.05, 3.63) is 45.6 Å². The lowest BCUT2D eigenvalue weighted by atomic mass is 10.2. The second kappa shape index (κ2) is 16.9. The van der Waals surface area contributed by atoms with Crippen LogP contribution in [0.2, 0.25) is 4.34 Å². The number of amides is 5. The molecule has 0 spiro atoms. The number of nitrogens with zero attached hydrogens (tertiary/aromatic N) is 3. The summed E-state index contributed by atoms with van der Waals surface area (Å²) in [4.78, 5) is 66.9. The number of nitrogens with one attached hydrogen (secondary N) is 1. The van der Waals surface area contributed by atoms with Gasteiger partial charge >= 0.3 is 6.09 Å². The lowest BCUT2D eigenvalue weighted by molar-refractivity contribution is -0.129. The number of carbonyl (C=O) groups excluding carboxylic acids is 5. The zero-order valence-electron chi connectivity index (χ0n) is 24.4. The van der Waals surface area contributed by atoms with E-state index in [1.165, 1.54) is 11.3 Å². The molecule has 14 heteroatoms. The topological polar surface area (TPSA) is 152 Å². The number of morpholine rings is 1. The molecule has 234 valence electrons. The predicted octanol–water partition coefficient (Wildman–Crippen LogP) is 3.42. The highest BCUT2D eigenvalue weighted by Crippen LogP contribution is 2.27. The van der Waals surface area contributed by atoms with Gasteiger partial charge in [0.1, 0.15) is 12.7 Å². The molecule has 0 radical (unpaired) electrons. The summed E-state index contributed by atoms with van der Waals surface area (Å²) in [6, 6.07) is 10.0. The third-order valence-corrected chi connectivity index (χ3v) is 7.59. The molecule has 1 aromatic carbocycles. The monoisotopic (exact) mass is 635 g/mol. The number of rotatable bonds is 11. The van der Waals surface area contributed by atoms with Gasteiger partial charge in [0.05, 0.1) is 35.5 Å². The third kappa shape index (κ3) is 9.75. The molecule has 1 atom stereocenters. The smallest absolute Gasteiger partial charge is 0.414 e. The fourth-order valence-electron chi connectivity index (χ4n) is 4.33. The van der Waals surface area contributed by atoms with Crippen LogP contribution < -0.4 is 20.9 Å². The molecule has 3 N–H and O–H groups in total. The van der Waals surface area contributed by atoms with E-state index in [0.29, 0.717) is 53.1 Å². The van der Waals surface area contributed by atoms with Gasteiger partial charge < -0.3 is 25.4 Å². The lowest BCUT2D eigenvalue weighted by Gasteiger charge is -2.27. The zero-order valence-corrected chi connectivity index (χ0v) is 26.0. The van der Waals surface area contributed by atoms with Gasteiger partial charge in [-0.05, 0) is 49.2 Å². The summed E-state index contributed by atoms with van der Waals surface area (Å²) in [5.41, 5.74) is 6.52. The third-order valence-electron chi connectivity index (χ3n) is 6.37. The quantitative estimate of drug-likeness (QED) is 0.357. The molecule has 2 aliphatic heterocycles. The Morgan fingerprint density at radius 3 is 2.35 bits per heavy atom. The summed E-state index contributed by atoms with van der Waals surface area (Å²) in [6.07, 6.45) is 0.931. The van der Waals surface area contributed by atoms with Crippen molar-refractivity contribution >= 4 is 64.0 Å². The minimum absolute atomic E-state index is 0.0261. The number of benzene rings is 1. The van der Waals surface area contributed by atoms with Gasteiger partial charge in [0.15, 0.2) is 0 Å². The van der Waals surface area contributed by atoms with Crippen molar-refractivity contribution in [2.45, 2.75) is 45.6 Å². The Kier molecular flexibility index (Phi) is 13.4. The fraction of sp³-hybridized carbons (Fsp3) is 0.483. The Morgan fingerprint density at radius 1 is 1.07 bits per heavy atom. The molecule has 4 rings (SSSR count). The molecule has 3 heterocycles. The summed E-state index contributed by atoms with van der Waals surface area (Å²) < 4.78 is 11.1. The van der Waals surface area contributed by atoms with Crippen LogP contribution in [0.1, 0.15) is 49.2 Å². The highest BCUT2D eigenvalue weighted by atomic mass is 35.5. The van der Waals surface area contributed by atoms with E-state index >= 15 is 0 Å². The van der Waals surface area contributed by atoms with Crippen LogP contribution in [0.15, 0.2) is 36.4 Å². The number of cyclic esters (lactones) is 1. The van der Waals surface area contributed by atoms with Crippen molar-refractivity contribution < 1.29 is 33.4 Å². The maximum Gasteiger partial charge on any atom is 0.414 e. The van der Waals surface area contributed by atoms with Crippen LogP contribution in [0.25, 0.3) is 0 Å². The van der Waals surface area contributed by atoms with Crippen molar-refractivity contribution in [2.24, 2.45) is 5.73 Å². The highest BCUT2D eigenvalue weighted by Gasteiger charge is 2.36. The first-order valence-corrected chi connectivity index (χ1v) is 15.4. The molecule has 5 amide bonds. The second-order valence-corrected chi connectivity index (χ2v) is 11.6. The number of carbonyl (C=O) groups is 5. The Labute approximate surface area is 260 Å². The van der Waals surface area contributed by atoms with Crippen LogP contribution >= 0.6 is 22.9 Å². The number of thiophene rings is 1. The molecule has 43 heavy (non-hydrogen) atoms. The number of imide groups is 1. The van der Waals surface area contributed by atoms with E-state index < -0.39 is 24.0 Å². The maximum atomic E-state index is 13.2. The molecule has 1 aromatic heterocycles. The van der Waals surface area contributed by atoms with Crippen molar-refractivity contribution in [3.8, 4) is 0 Å². The minimum Gasteiger partial charge on any atom is -0.442 e. The van der Waals surface area contributed by atoms with Crippen LogP contribution in [0.4, 0.5) is 16.2 Å². The predicted molar refractivity (Wildman–Crippen MR) is 164 cm³/mol. The Hall–Kier alpha value is -3.52. The first-order chi connectivity index (χ1) is 20.7.